The Hall–Kier alpha value is -1.79. The summed E-state index contributed by atoms with van der Waals surface area (Å²) in [6.45, 7) is 1.81. The minimum atomic E-state index is -0.764. The molecule has 0 spiro atoms. The van der Waals surface area contributed by atoms with Crippen LogP contribution in [-0.2, 0) is 7.05 Å². The van der Waals surface area contributed by atoms with Crippen LogP contribution >= 0.6 is 0 Å². The van der Waals surface area contributed by atoms with Crippen molar-refractivity contribution in [2.75, 3.05) is 0 Å². The van der Waals surface area contributed by atoms with Gasteiger partial charge in [0, 0.05) is 23.9 Å². The van der Waals surface area contributed by atoms with Crippen LogP contribution in [0, 0.1) is 18.6 Å². The van der Waals surface area contributed by atoms with Gasteiger partial charge in [0.05, 0.1) is 12.2 Å². The van der Waals surface area contributed by atoms with E-state index in [0.717, 1.165) is 5.69 Å². The lowest BCUT2D eigenvalue weighted by molar-refractivity contribution is 0.509. The number of aromatic nitrogens is 2. The van der Waals surface area contributed by atoms with Crippen molar-refractivity contribution in [2.24, 2.45) is 12.9 Å². The molecule has 4 nitrogen and oxygen atoms in total. The smallest absolute Gasteiger partial charge is 0.131 e. The normalized spacial score (nSPS) is 12.7. The molecule has 1 aromatic heterocycles. The second-order valence-corrected chi connectivity index (χ2v) is 4.04. The van der Waals surface area contributed by atoms with Gasteiger partial charge in [-0.2, -0.15) is 5.10 Å². The van der Waals surface area contributed by atoms with Crippen LogP contribution in [-0.4, -0.2) is 9.78 Å². The van der Waals surface area contributed by atoms with E-state index in [1.165, 1.54) is 18.2 Å². The minimum absolute atomic E-state index is 0.101. The van der Waals surface area contributed by atoms with Gasteiger partial charge in [0.1, 0.15) is 11.6 Å². The van der Waals surface area contributed by atoms with Crippen molar-refractivity contribution in [1.29, 1.82) is 0 Å². The molecule has 1 atom stereocenters. The summed E-state index contributed by atoms with van der Waals surface area (Å²) in [4.78, 5) is 0. The number of benzene rings is 1. The number of halogens is 2. The minimum Gasteiger partial charge on any atom is -0.273 e. The standard InChI is InChI=1S/C12H14F2N4/c1-7-8(6-16-18(7)2)12(17-15)11-9(13)4-3-5-10(11)14/h3-6,12,17H,15H2,1-2H3. The number of rotatable bonds is 3. The Morgan fingerprint density at radius 1 is 1.33 bits per heavy atom. The van der Waals surface area contributed by atoms with E-state index in [2.05, 4.69) is 10.5 Å². The quantitative estimate of drug-likeness (QED) is 0.644. The van der Waals surface area contributed by atoms with Crippen molar-refractivity contribution < 1.29 is 8.78 Å². The Balaban J connectivity index is 2.56. The molecule has 0 amide bonds. The lowest BCUT2D eigenvalue weighted by atomic mass is 9.99. The molecule has 0 aliphatic heterocycles. The molecule has 96 valence electrons. The second kappa shape index (κ2) is 4.83. The zero-order valence-corrected chi connectivity index (χ0v) is 10.1. The summed E-state index contributed by atoms with van der Waals surface area (Å²) in [5, 5.41) is 4.05. The zero-order valence-electron chi connectivity index (χ0n) is 10.1. The number of nitrogens with one attached hydrogen (secondary N) is 1. The molecule has 0 aliphatic carbocycles. The number of hydrazine groups is 1. The van der Waals surface area contributed by atoms with Gasteiger partial charge in [0.25, 0.3) is 0 Å². The maximum absolute atomic E-state index is 13.7. The predicted molar refractivity (Wildman–Crippen MR) is 63.5 cm³/mol. The van der Waals surface area contributed by atoms with Gasteiger partial charge in [-0.05, 0) is 19.1 Å². The number of aryl methyl sites for hydroxylation is 1. The van der Waals surface area contributed by atoms with Gasteiger partial charge < -0.3 is 0 Å². The van der Waals surface area contributed by atoms with Crippen molar-refractivity contribution in [3.8, 4) is 0 Å². The maximum atomic E-state index is 13.7. The number of hydrogen-bond acceptors (Lipinski definition) is 3. The summed E-state index contributed by atoms with van der Waals surface area (Å²) >= 11 is 0. The highest BCUT2D eigenvalue weighted by Gasteiger charge is 2.23. The molecule has 1 heterocycles. The van der Waals surface area contributed by atoms with Gasteiger partial charge in [-0.3, -0.25) is 10.5 Å². The number of nitrogens with zero attached hydrogens (tertiary/aromatic N) is 2. The topological polar surface area (TPSA) is 55.9 Å². The molecule has 0 saturated carbocycles. The summed E-state index contributed by atoms with van der Waals surface area (Å²) in [6.07, 6.45) is 1.55. The van der Waals surface area contributed by atoms with E-state index in [1.54, 1.807) is 17.9 Å². The average Bonchev–Trinajstić information content (AvgIpc) is 2.66. The second-order valence-electron chi connectivity index (χ2n) is 4.04. The molecule has 0 aliphatic rings. The first-order chi connectivity index (χ1) is 8.56. The first kappa shape index (κ1) is 12.7. The zero-order chi connectivity index (χ0) is 13.3. The molecule has 0 saturated heterocycles. The molecular weight excluding hydrogens is 238 g/mol. The number of nitrogens with two attached hydrogens (primary N) is 1. The van der Waals surface area contributed by atoms with Crippen LogP contribution in [0.1, 0.15) is 22.9 Å². The highest BCUT2D eigenvalue weighted by Crippen LogP contribution is 2.27. The van der Waals surface area contributed by atoms with Crippen LogP contribution in [0.3, 0.4) is 0 Å². The molecular formula is C12H14F2N4. The van der Waals surface area contributed by atoms with Gasteiger partial charge in [-0.15, -0.1) is 0 Å². The summed E-state index contributed by atoms with van der Waals surface area (Å²) in [6, 6.07) is 2.96. The average molecular weight is 252 g/mol. The molecule has 1 aromatic carbocycles. The fourth-order valence-electron chi connectivity index (χ4n) is 1.91. The molecule has 3 N–H and O–H groups in total. The molecule has 18 heavy (non-hydrogen) atoms. The molecule has 1 unspecified atom stereocenters. The molecule has 0 bridgehead atoms. The third kappa shape index (κ3) is 2.00. The predicted octanol–water partition coefficient (Wildman–Crippen LogP) is 1.56. The van der Waals surface area contributed by atoms with Crippen LogP contribution < -0.4 is 11.3 Å². The van der Waals surface area contributed by atoms with Crippen molar-refractivity contribution in [1.82, 2.24) is 15.2 Å². The highest BCUT2D eigenvalue weighted by molar-refractivity contribution is 5.34. The van der Waals surface area contributed by atoms with E-state index in [9.17, 15) is 8.78 Å². The summed E-state index contributed by atoms with van der Waals surface area (Å²) in [7, 11) is 1.75. The highest BCUT2D eigenvalue weighted by atomic mass is 19.1. The lowest BCUT2D eigenvalue weighted by Crippen LogP contribution is -2.30. The summed E-state index contributed by atoms with van der Waals surface area (Å²) in [5.74, 6) is 4.16. The SMILES string of the molecule is Cc1c(C(NN)c2c(F)cccc2F)cnn1C. The fourth-order valence-corrected chi connectivity index (χ4v) is 1.91. The van der Waals surface area contributed by atoms with Crippen LogP contribution in [0.15, 0.2) is 24.4 Å². The Morgan fingerprint density at radius 2 is 1.94 bits per heavy atom. The van der Waals surface area contributed by atoms with E-state index in [4.69, 9.17) is 5.84 Å². The van der Waals surface area contributed by atoms with E-state index in [1.807, 2.05) is 6.92 Å². The van der Waals surface area contributed by atoms with Gasteiger partial charge in [-0.25, -0.2) is 14.2 Å². The van der Waals surface area contributed by atoms with Crippen molar-refractivity contribution in [2.45, 2.75) is 13.0 Å². The Bertz CT molecular complexity index is 545. The number of hydrogen-bond donors (Lipinski definition) is 2. The summed E-state index contributed by atoms with van der Waals surface area (Å²) in [5.41, 5.74) is 3.77. The van der Waals surface area contributed by atoms with Gasteiger partial charge >= 0.3 is 0 Å². The largest absolute Gasteiger partial charge is 0.273 e. The van der Waals surface area contributed by atoms with Crippen LogP contribution in [0.2, 0.25) is 0 Å². The lowest BCUT2D eigenvalue weighted by Gasteiger charge is -2.17. The van der Waals surface area contributed by atoms with Crippen LogP contribution in [0.25, 0.3) is 0 Å². The van der Waals surface area contributed by atoms with Crippen LogP contribution in [0.5, 0.6) is 0 Å². The Labute approximate surface area is 103 Å². The van der Waals surface area contributed by atoms with Crippen molar-refractivity contribution in [3.63, 3.8) is 0 Å². The third-order valence-electron chi connectivity index (χ3n) is 3.04. The first-order valence-corrected chi connectivity index (χ1v) is 5.44. The Morgan fingerprint density at radius 3 is 2.39 bits per heavy atom. The van der Waals surface area contributed by atoms with Gasteiger partial charge in [0.15, 0.2) is 0 Å². The van der Waals surface area contributed by atoms with E-state index < -0.39 is 17.7 Å². The summed E-state index contributed by atoms with van der Waals surface area (Å²) < 4.78 is 29.1. The van der Waals surface area contributed by atoms with E-state index in [-0.39, 0.29) is 5.56 Å². The van der Waals surface area contributed by atoms with Gasteiger partial charge in [-0.1, -0.05) is 6.07 Å². The Kier molecular flexibility index (Phi) is 3.40. The molecule has 0 radical (unpaired) electrons. The monoisotopic (exact) mass is 252 g/mol. The van der Waals surface area contributed by atoms with Crippen molar-refractivity contribution >= 4 is 0 Å². The molecule has 2 aromatic rings. The van der Waals surface area contributed by atoms with E-state index >= 15 is 0 Å². The van der Waals surface area contributed by atoms with Crippen LogP contribution in [0.4, 0.5) is 8.78 Å². The van der Waals surface area contributed by atoms with E-state index in [0.29, 0.717) is 5.56 Å². The maximum Gasteiger partial charge on any atom is 0.131 e. The molecule has 0 fully saturated rings. The van der Waals surface area contributed by atoms with Gasteiger partial charge in [0.2, 0.25) is 0 Å². The fraction of sp³-hybridized carbons (Fsp3) is 0.250. The molecule has 2 rings (SSSR count). The first-order valence-electron chi connectivity index (χ1n) is 5.44. The van der Waals surface area contributed by atoms with Crippen molar-refractivity contribution in [3.05, 3.63) is 52.9 Å². The third-order valence-corrected chi connectivity index (χ3v) is 3.04. The molecule has 6 heteroatoms.